The molecule has 6 heteroatoms. The molecular weight excluding hydrogens is 260 g/mol. The molecule has 0 bridgehead atoms. The van der Waals surface area contributed by atoms with Crippen molar-refractivity contribution in [1.82, 2.24) is 5.32 Å². The van der Waals surface area contributed by atoms with E-state index in [1.165, 1.54) is 0 Å². The first kappa shape index (κ1) is 16.1. The minimum atomic E-state index is -0.960. The highest BCUT2D eigenvalue weighted by Crippen LogP contribution is 2.09. The lowest BCUT2D eigenvalue weighted by atomic mass is 10.1. The zero-order chi connectivity index (χ0) is 15.0. The SMILES string of the molecule is COCc1ccccc1CNC(=O)C(N)CCC(=O)O. The van der Waals surface area contributed by atoms with E-state index >= 15 is 0 Å². The Morgan fingerprint density at radius 2 is 2.00 bits per heavy atom. The normalized spacial score (nSPS) is 11.9. The summed E-state index contributed by atoms with van der Waals surface area (Å²) in [5, 5.41) is 11.3. The summed E-state index contributed by atoms with van der Waals surface area (Å²) in [5.74, 6) is -1.31. The predicted octanol–water partition coefficient (Wildman–Crippen LogP) is 0.641. The average Bonchev–Trinajstić information content (AvgIpc) is 2.43. The van der Waals surface area contributed by atoms with Crippen LogP contribution in [-0.4, -0.2) is 30.1 Å². The Balaban J connectivity index is 2.50. The largest absolute Gasteiger partial charge is 0.481 e. The van der Waals surface area contributed by atoms with E-state index in [1.807, 2.05) is 24.3 Å². The Morgan fingerprint density at radius 1 is 1.35 bits per heavy atom. The first-order chi connectivity index (χ1) is 9.54. The standard InChI is InChI=1S/C14H20N2O4/c1-20-9-11-5-3-2-4-10(11)8-16-14(19)12(15)6-7-13(17)18/h2-5,12H,6-9,15H2,1H3,(H,16,19)(H,17,18). The Bertz CT molecular complexity index is 462. The fourth-order valence-electron chi connectivity index (χ4n) is 1.75. The van der Waals surface area contributed by atoms with E-state index < -0.39 is 12.0 Å². The number of aliphatic carboxylic acids is 1. The van der Waals surface area contributed by atoms with Gasteiger partial charge in [0.25, 0.3) is 0 Å². The number of hydrogen-bond donors (Lipinski definition) is 3. The van der Waals surface area contributed by atoms with Gasteiger partial charge in [0, 0.05) is 20.1 Å². The molecule has 0 aliphatic rings. The van der Waals surface area contributed by atoms with E-state index in [0.717, 1.165) is 11.1 Å². The van der Waals surface area contributed by atoms with Gasteiger partial charge in [0.2, 0.25) is 5.91 Å². The fourth-order valence-corrected chi connectivity index (χ4v) is 1.75. The molecule has 4 N–H and O–H groups in total. The van der Waals surface area contributed by atoms with Crippen LogP contribution in [0.1, 0.15) is 24.0 Å². The molecule has 0 saturated heterocycles. The number of nitrogens with one attached hydrogen (secondary N) is 1. The third kappa shape index (κ3) is 5.38. The summed E-state index contributed by atoms with van der Waals surface area (Å²) in [6.07, 6.45) is 0.00966. The lowest BCUT2D eigenvalue weighted by Gasteiger charge is -2.13. The molecule has 0 heterocycles. The Kier molecular flexibility index (Phi) is 6.69. The number of hydrogen-bond acceptors (Lipinski definition) is 4. The Labute approximate surface area is 117 Å². The van der Waals surface area contributed by atoms with Crippen molar-refractivity contribution < 1.29 is 19.4 Å². The fraction of sp³-hybridized carbons (Fsp3) is 0.429. The highest BCUT2D eigenvalue weighted by atomic mass is 16.5. The van der Waals surface area contributed by atoms with Crippen molar-refractivity contribution in [2.45, 2.75) is 32.0 Å². The van der Waals surface area contributed by atoms with Crippen LogP contribution < -0.4 is 11.1 Å². The maximum atomic E-state index is 11.7. The first-order valence-electron chi connectivity index (χ1n) is 6.35. The van der Waals surface area contributed by atoms with Gasteiger partial charge in [0.1, 0.15) is 0 Å². The van der Waals surface area contributed by atoms with Crippen molar-refractivity contribution in [1.29, 1.82) is 0 Å². The van der Waals surface area contributed by atoms with Crippen LogP contribution in [0.4, 0.5) is 0 Å². The van der Waals surface area contributed by atoms with Gasteiger partial charge < -0.3 is 20.9 Å². The Morgan fingerprint density at radius 3 is 2.60 bits per heavy atom. The van der Waals surface area contributed by atoms with E-state index in [2.05, 4.69) is 5.32 Å². The number of nitrogens with two attached hydrogens (primary N) is 1. The molecule has 1 unspecified atom stereocenters. The lowest BCUT2D eigenvalue weighted by Crippen LogP contribution is -2.40. The molecule has 0 aliphatic carbocycles. The zero-order valence-electron chi connectivity index (χ0n) is 11.5. The number of benzene rings is 1. The van der Waals surface area contributed by atoms with Gasteiger partial charge in [-0.25, -0.2) is 0 Å². The summed E-state index contributed by atoms with van der Waals surface area (Å²) in [4.78, 5) is 22.2. The van der Waals surface area contributed by atoms with Crippen LogP contribution in [0.15, 0.2) is 24.3 Å². The van der Waals surface area contributed by atoms with Crippen molar-refractivity contribution in [3.63, 3.8) is 0 Å². The molecule has 0 saturated carbocycles. The number of carbonyl (C=O) groups excluding carboxylic acids is 1. The molecule has 0 aliphatic heterocycles. The first-order valence-corrected chi connectivity index (χ1v) is 6.35. The maximum absolute atomic E-state index is 11.7. The molecular formula is C14H20N2O4. The minimum absolute atomic E-state index is 0.116. The lowest BCUT2D eigenvalue weighted by molar-refractivity contribution is -0.137. The summed E-state index contributed by atoms with van der Waals surface area (Å²) < 4.78 is 5.09. The molecule has 1 atom stereocenters. The molecule has 0 radical (unpaired) electrons. The van der Waals surface area contributed by atoms with Crippen LogP contribution >= 0.6 is 0 Å². The maximum Gasteiger partial charge on any atom is 0.303 e. The Hall–Kier alpha value is -1.92. The highest BCUT2D eigenvalue weighted by molar-refractivity contribution is 5.82. The van der Waals surface area contributed by atoms with Gasteiger partial charge in [-0.3, -0.25) is 9.59 Å². The second-order valence-corrected chi connectivity index (χ2v) is 4.46. The van der Waals surface area contributed by atoms with Gasteiger partial charge >= 0.3 is 5.97 Å². The third-order valence-electron chi connectivity index (χ3n) is 2.88. The average molecular weight is 280 g/mol. The van der Waals surface area contributed by atoms with Crippen LogP contribution in [0, 0.1) is 0 Å². The van der Waals surface area contributed by atoms with Crippen molar-refractivity contribution in [2.75, 3.05) is 7.11 Å². The van der Waals surface area contributed by atoms with E-state index in [-0.39, 0.29) is 18.7 Å². The van der Waals surface area contributed by atoms with Gasteiger partial charge in [-0.1, -0.05) is 24.3 Å². The van der Waals surface area contributed by atoms with Gasteiger partial charge in [-0.05, 0) is 17.5 Å². The minimum Gasteiger partial charge on any atom is -0.481 e. The third-order valence-corrected chi connectivity index (χ3v) is 2.88. The summed E-state index contributed by atoms with van der Waals surface area (Å²) in [6.45, 7) is 0.816. The number of amides is 1. The molecule has 6 nitrogen and oxygen atoms in total. The van der Waals surface area contributed by atoms with Crippen LogP contribution in [0.25, 0.3) is 0 Å². The molecule has 1 aromatic carbocycles. The number of carbonyl (C=O) groups is 2. The molecule has 0 fully saturated rings. The van der Waals surface area contributed by atoms with Crippen LogP contribution in [0.3, 0.4) is 0 Å². The van der Waals surface area contributed by atoms with E-state index in [9.17, 15) is 9.59 Å². The van der Waals surface area contributed by atoms with Crippen LogP contribution in [0.5, 0.6) is 0 Å². The second-order valence-electron chi connectivity index (χ2n) is 4.46. The molecule has 20 heavy (non-hydrogen) atoms. The van der Waals surface area contributed by atoms with Crippen LogP contribution in [0.2, 0.25) is 0 Å². The number of carboxylic acids is 1. The topological polar surface area (TPSA) is 102 Å². The van der Waals surface area contributed by atoms with Gasteiger partial charge in [-0.2, -0.15) is 0 Å². The molecule has 0 spiro atoms. The monoisotopic (exact) mass is 280 g/mol. The number of rotatable bonds is 8. The van der Waals surface area contributed by atoms with E-state index in [4.69, 9.17) is 15.6 Å². The smallest absolute Gasteiger partial charge is 0.303 e. The quantitative estimate of drug-likeness (QED) is 0.648. The second kappa shape index (κ2) is 8.29. The number of methoxy groups -OCH3 is 1. The van der Waals surface area contributed by atoms with Gasteiger partial charge in [-0.15, -0.1) is 0 Å². The molecule has 110 valence electrons. The van der Waals surface area contributed by atoms with Crippen molar-refractivity contribution >= 4 is 11.9 Å². The molecule has 1 amide bonds. The van der Waals surface area contributed by atoms with Gasteiger partial charge in [0.05, 0.1) is 12.6 Å². The van der Waals surface area contributed by atoms with E-state index in [1.54, 1.807) is 7.11 Å². The zero-order valence-corrected chi connectivity index (χ0v) is 11.5. The van der Waals surface area contributed by atoms with Crippen LogP contribution in [-0.2, 0) is 27.5 Å². The van der Waals surface area contributed by atoms with Crippen molar-refractivity contribution in [2.24, 2.45) is 5.73 Å². The summed E-state index contributed by atoms with van der Waals surface area (Å²) in [6, 6.07) is 6.80. The molecule has 0 aromatic heterocycles. The number of carboxylic acid groups (broad SMARTS) is 1. The number of ether oxygens (including phenoxy) is 1. The summed E-state index contributed by atoms with van der Waals surface area (Å²) in [7, 11) is 1.61. The molecule has 1 rings (SSSR count). The van der Waals surface area contributed by atoms with Gasteiger partial charge in [0.15, 0.2) is 0 Å². The summed E-state index contributed by atoms with van der Waals surface area (Å²) >= 11 is 0. The highest BCUT2D eigenvalue weighted by Gasteiger charge is 2.14. The van der Waals surface area contributed by atoms with Crippen molar-refractivity contribution in [3.05, 3.63) is 35.4 Å². The summed E-state index contributed by atoms with van der Waals surface area (Å²) in [5.41, 5.74) is 7.57. The molecule has 1 aromatic rings. The van der Waals surface area contributed by atoms with Crippen molar-refractivity contribution in [3.8, 4) is 0 Å². The predicted molar refractivity (Wildman–Crippen MR) is 73.8 cm³/mol. The van der Waals surface area contributed by atoms with E-state index in [0.29, 0.717) is 13.2 Å².